The number of halogens is 3. The molecule has 2 heterocycles. The van der Waals surface area contributed by atoms with Crippen molar-refractivity contribution in [2.45, 2.75) is 25.2 Å². The highest BCUT2D eigenvalue weighted by Gasteiger charge is 2.31. The van der Waals surface area contributed by atoms with Gasteiger partial charge in [0, 0.05) is 6.54 Å². The van der Waals surface area contributed by atoms with Gasteiger partial charge in [-0.3, -0.25) is 4.90 Å². The first kappa shape index (κ1) is 17.2. The van der Waals surface area contributed by atoms with Gasteiger partial charge in [-0.25, -0.2) is 4.98 Å². The molecule has 2 aromatic carbocycles. The highest BCUT2D eigenvalue weighted by molar-refractivity contribution is 5.80. The Kier molecular flexibility index (Phi) is 4.15. The Hall–Kier alpha value is -3.21. The van der Waals surface area contributed by atoms with Crippen LogP contribution in [0.25, 0.3) is 22.2 Å². The molecule has 0 bridgehead atoms. The summed E-state index contributed by atoms with van der Waals surface area (Å²) in [5, 5.41) is 9.19. The highest BCUT2D eigenvalue weighted by atomic mass is 19.4. The molecule has 1 aliphatic heterocycles. The van der Waals surface area contributed by atoms with Gasteiger partial charge in [0.15, 0.2) is 11.8 Å². The lowest BCUT2D eigenvalue weighted by atomic mass is 10.1. The van der Waals surface area contributed by atoms with Crippen LogP contribution in [0, 0.1) is 11.5 Å². The Morgan fingerprint density at radius 3 is 2.78 bits per heavy atom. The summed E-state index contributed by atoms with van der Waals surface area (Å²) in [4.78, 5) is 6.13. The van der Waals surface area contributed by atoms with Gasteiger partial charge in [0.2, 0.25) is 5.89 Å². The van der Waals surface area contributed by atoms with Gasteiger partial charge in [0.25, 0.3) is 0 Å². The van der Waals surface area contributed by atoms with Crippen LogP contribution < -0.4 is 4.74 Å². The van der Waals surface area contributed by atoms with Crippen LogP contribution >= 0.6 is 0 Å². The molecule has 1 saturated heterocycles. The normalized spacial score (nSPS) is 17.3. The van der Waals surface area contributed by atoms with Crippen molar-refractivity contribution in [3.8, 4) is 23.1 Å². The maximum Gasteiger partial charge on any atom is 0.573 e. The van der Waals surface area contributed by atoms with Crippen molar-refractivity contribution >= 4 is 11.1 Å². The fourth-order valence-electron chi connectivity index (χ4n) is 3.28. The molecule has 3 aromatic rings. The maximum absolute atomic E-state index is 12.4. The zero-order valence-corrected chi connectivity index (χ0v) is 14.0. The van der Waals surface area contributed by atoms with E-state index in [1.165, 1.54) is 18.2 Å². The number of likely N-dealkylation sites (tertiary alicyclic amines) is 1. The molecule has 0 aliphatic carbocycles. The van der Waals surface area contributed by atoms with Crippen molar-refractivity contribution in [1.82, 2.24) is 9.88 Å². The van der Waals surface area contributed by atoms with E-state index in [4.69, 9.17) is 4.42 Å². The zero-order chi connectivity index (χ0) is 19.0. The summed E-state index contributed by atoms with van der Waals surface area (Å²) in [6.45, 7) is 0.678. The summed E-state index contributed by atoms with van der Waals surface area (Å²) in [7, 11) is 0. The molecule has 0 amide bonds. The van der Waals surface area contributed by atoms with Gasteiger partial charge in [-0.1, -0.05) is 18.2 Å². The molecule has 0 saturated carbocycles. The van der Waals surface area contributed by atoms with Crippen molar-refractivity contribution in [2.75, 3.05) is 6.54 Å². The number of hydrogen-bond donors (Lipinski definition) is 0. The minimum Gasteiger partial charge on any atom is -0.438 e. The van der Waals surface area contributed by atoms with Gasteiger partial charge >= 0.3 is 6.36 Å². The second-order valence-corrected chi connectivity index (χ2v) is 6.26. The summed E-state index contributed by atoms with van der Waals surface area (Å²) in [5.41, 5.74) is 2.43. The van der Waals surface area contributed by atoms with E-state index in [1.807, 2.05) is 0 Å². The lowest BCUT2D eigenvalue weighted by Crippen LogP contribution is -2.17. The number of aromatic nitrogens is 1. The van der Waals surface area contributed by atoms with E-state index in [9.17, 15) is 18.4 Å². The lowest BCUT2D eigenvalue weighted by molar-refractivity contribution is -0.274. The highest BCUT2D eigenvalue weighted by Crippen LogP contribution is 2.34. The third kappa shape index (κ3) is 3.53. The smallest absolute Gasteiger partial charge is 0.438 e. The van der Waals surface area contributed by atoms with E-state index in [-0.39, 0.29) is 11.8 Å². The predicted molar refractivity (Wildman–Crippen MR) is 90.4 cm³/mol. The Morgan fingerprint density at radius 1 is 1.19 bits per heavy atom. The molecule has 1 atom stereocenters. The standard InChI is InChI=1S/C19H14F3N3O2/c20-19(21,22)27-14-4-1-3-12(9-14)13-6-7-17-15(10-13)24-18(26-17)16-5-2-8-25(16)11-23/h1,3-4,6-7,9-10,16H,2,5,8H2. The first-order valence-corrected chi connectivity index (χ1v) is 8.36. The van der Waals surface area contributed by atoms with Crippen LogP contribution in [0.15, 0.2) is 46.9 Å². The molecule has 5 nitrogen and oxygen atoms in total. The number of ether oxygens (including phenoxy) is 1. The van der Waals surface area contributed by atoms with E-state index < -0.39 is 6.36 Å². The van der Waals surface area contributed by atoms with Crippen LogP contribution in [0.1, 0.15) is 24.8 Å². The Balaban J connectivity index is 1.66. The number of fused-ring (bicyclic) bond motifs is 1. The van der Waals surface area contributed by atoms with Crippen LogP contribution in [0.5, 0.6) is 5.75 Å². The van der Waals surface area contributed by atoms with Gasteiger partial charge in [-0.2, -0.15) is 5.26 Å². The zero-order valence-electron chi connectivity index (χ0n) is 14.0. The van der Waals surface area contributed by atoms with Crippen molar-refractivity contribution in [2.24, 2.45) is 0 Å². The predicted octanol–water partition coefficient (Wildman–Crippen LogP) is 5.01. The second-order valence-electron chi connectivity index (χ2n) is 6.26. The lowest BCUT2D eigenvalue weighted by Gasteiger charge is -2.13. The molecule has 1 aromatic heterocycles. The number of nitrogens with zero attached hydrogens (tertiary/aromatic N) is 3. The third-order valence-electron chi connectivity index (χ3n) is 4.47. The molecule has 0 radical (unpaired) electrons. The average Bonchev–Trinajstić information content (AvgIpc) is 3.25. The van der Waals surface area contributed by atoms with Crippen LogP contribution in [-0.2, 0) is 0 Å². The largest absolute Gasteiger partial charge is 0.573 e. The number of oxazole rings is 1. The summed E-state index contributed by atoms with van der Waals surface area (Å²) in [6, 6.07) is 10.8. The van der Waals surface area contributed by atoms with E-state index >= 15 is 0 Å². The van der Waals surface area contributed by atoms with Crippen molar-refractivity contribution in [3.63, 3.8) is 0 Å². The number of hydrogen-bond acceptors (Lipinski definition) is 5. The van der Waals surface area contributed by atoms with Crippen molar-refractivity contribution < 1.29 is 22.3 Å². The topological polar surface area (TPSA) is 62.3 Å². The Labute approximate surface area is 152 Å². The molecule has 0 N–H and O–H groups in total. The van der Waals surface area contributed by atoms with Crippen LogP contribution in [-0.4, -0.2) is 22.8 Å². The number of nitriles is 1. The SMILES string of the molecule is N#CN1CCCC1c1nc2cc(-c3cccc(OC(F)(F)F)c3)ccc2o1. The molecule has 4 rings (SSSR count). The molecule has 0 spiro atoms. The van der Waals surface area contributed by atoms with Gasteiger partial charge in [0.05, 0.1) is 0 Å². The first-order valence-electron chi connectivity index (χ1n) is 8.36. The van der Waals surface area contributed by atoms with Crippen LogP contribution in [0.2, 0.25) is 0 Å². The number of rotatable bonds is 3. The van der Waals surface area contributed by atoms with E-state index in [0.29, 0.717) is 34.7 Å². The first-order chi connectivity index (χ1) is 12.9. The van der Waals surface area contributed by atoms with Gasteiger partial charge in [0.1, 0.15) is 17.3 Å². The van der Waals surface area contributed by atoms with Crippen molar-refractivity contribution in [3.05, 3.63) is 48.4 Å². The fourth-order valence-corrected chi connectivity index (χ4v) is 3.28. The van der Waals surface area contributed by atoms with E-state index in [1.54, 1.807) is 29.2 Å². The minimum absolute atomic E-state index is 0.172. The second kappa shape index (κ2) is 6.50. The number of alkyl halides is 3. The average molecular weight is 373 g/mol. The summed E-state index contributed by atoms with van der Waals surface area (Å²) in [6.07, 6.45) is -0.899. The van der Waals surface area contributed by atoms with Gasteiger partial charge in [-0.15, -0.1) is 13.2 Å². The number of benzene rings is 2. The monoisotopic (exact) mass is 373 g/mol. The Morgan fingerprint density at radius 2 is 2.00 bits per heavy atom. The quantitative estimate of drug-likeness (QED) is 0.604. The van der Waals surface area contributed by atoms with Crippen molar-refractivity contribution in [1.29, 1.82) is 5.26 Å². The minimum atomic E-state index is -4.74. The van der Waals surface area contributed by atoms with Crippen LogP contribution in [0.4, 0.5) is 13.2 Å². The maximum atomic E-state index is 12.4. The third-order valence-corrected chi connectivity index (χ3v) is 4.47. The molecule has 27 heavy (non-hydrogen) atoms. The summed E-state index contributed by atoms with van der Waals surface area (Å²) < 4.78 is 47.0. The molecule has 1 unspecified atom stereocenters. The molecular weight excluding hydrogens is 359 g/mol. The molecule has 8 heteroatoms. The fraction of sp³-hybridized carbons (Fsp3) is 0.263. The molecule has 1 fully saturated rings. The van der Waals surface area contributed by atoms with Crippen LogP contribution in [0.3, 0.4) is 0 Å². The Bertz CT molecular complexity index is 1020. The summed E-state index contributed by atoms with van der Waals surface area (Å²) in [5.74, 6) is 0.201. The summed E-state index contributed by atoms with van der Waals surface area (Å²) >= 11 is 0. The molecular formula is C19H14F3N3O2. The van der Waals surface area contributed by atoms with Gasteiger partial charge in [-0.05, 0) is 48.2 Å². The van der Waals surface area contributed by atoms with Gasteiger partial charge < -0.3 is 9.15 Å². The molecule has 1 aliphatic rings. The van der Waals surface area contributed by atoms with E-state index in [0.717, 1.165) is 12.8 Å². The van der Waals surface area contributed by atoms with E-state index in [2.05, 4.69) is 15.9 Å². The molecule has 138 valence electrons.